The van der Waals surface area contributed by atoms with Gasteiger partial charge in [0, 0.05) is 28.9 Å². The smallest absolute Gasteiger partial charge is 0.0571 e. The van der Waals surface area contributed by atoms with E-state index in [-0.39, 0.29) is 0 Å². The van der Waals surface area contributed by atoms with Gasteiger partial charge in [-0.15, -0.1) is 0 Å². The highest BCUT2D eigenvalue weighted by molar-refractivity contribution is 6.22. The molecule has 8 aromatic carbocycles. The number of aromatic nitrogens is 2. The van der Waals surface area contributed by atoms with Crippen LogP contribution in [0.15, 0.2) is 176 Å². The molecule has 2 heterocycles. The van der Waals surface area contributed by atoms with Gasteiger partial charge in [-0.3, -0.25) is 4.98 Å². The van der Waals surface area contributed by atoms with Crippen LogP contribution in [0.3, 0.4) is 0 Å². The van der Waals surface area contributed by atoms with Gasteiger partial charge >= 0.3 is 0 Å². The van der Waals surface area contributed by atoms with Crippen molar-refractivity contribution in [2.75, 3.05) is 0 Å². The van der Waals surface area contributed by atoms with E-state index in [1.165, 1.54) is 93.1 Å². The molecule has 0 amide bonds. The number of hydrogen-bond donors (Lipinski definition) is 0. The summed E-state index contributed by atoms with van der Waals surface area (Å²) in [4.78, 5) is 4.44. The van der Waals surface area contributed by atoms with Crippen molar-refractivity contribution >= 4 is 60.2 Å². The Morgan fingerprint density at radius 3 is 1.98 bits per heavy atom. The topological polar surface area (TPSA) is 17.8 Å². The molecule has 248 valence electrons. The monoisotopic (exact) mass is 674 g/mol. The van der Waals surface area contributed by atoms with Crippen LogP contribution in [0.25, 0.3) is 99.3 Å². The zero-order valence-electron chi connectivity index (χ0n) is 29.1. The van der Waals surface area contributed by atoms with Crippen molar-refractivity contribution in [3.8, 4) is 39.1 Å². The summed E-state index contributed by atoms with van der Waals surface area (Å²) >= 11 is 0. The first-order valence-electron chi connectivity index (χ1n) is 18.5. The van der Waals surface area contributed by atoms with Crippen LogP contribution >= 0.6 is 0 Å². The Morgan fingerprint density at radius 2 is 1.11 bits per heavy atom. The Morgan fingerprint density at radius 1 is 0.453 bits per heavy atom. The van der Waals surface area contributed by atoms with Gasteiger partial charge in [0.1, 0.15) is 0 Å². The van der Waals surface area contributed by atoms with Crippen LogP contribution in [-0.4, -0.2) is 9.55 Å². The average molecular weight is 675 g/mol. The first kappa shape index (κ1) is 29.9. The molecule has 0 spiro atoms. The van der Waals surface area contributed by atoms with Crippen molar-refractivity contribution in [3.05, 3.63) is 187 Å². The summed E-state index contributed by atoms with van der Waals surface area (Å²) < 4.78 is 2.35. The fourth-order valence-corrected chi connectivity index (χ4v) is 8.81. The van der Waals surface area contributed by atoms with E-state index in [1.54, 1.807) is 0 Å². The van der Waals surface area contributed by atoms with Gasteiger partial charge in [0.15, 0.2) is 0 Å². The Labute approximate surface area is 307 Å². The minimum Gasteiger partial charge on any atom is -0.309 e. The highest BCUT2D eigenvalue weighted by atomic mass is 15.0. The lowest BCUT2D eigenvalue weighted by Crippen LogP contribution is -1.96. The second-order valence-electron chi connectivity index (χ2n) is 14.3. The van der Waals surface area contributed by atoms with Gasteiger partial charge < -0.3 is 4.57 Å². The Hall–Kier alpha value is -6.77. The molecular formula is C51H34N2. The summed E-state index contributed by atoms with van der Waals surface area (Å²) in [6, 6.07) is 58.5. The third-order valence-corrected chi connectivity index (χ3v) is 11.3. The van der Waals surface area contributed by atoms with E-state index in [1.807, 2.05) is 12.4 Å². The van der Waals surface area contributed by atoms with Gasteiger partial charge in [0.2, 0.25) is 0 Å². The SMILES string of the molecule is C1=Cc2ccc(-c3c4ccccc4c(-c4ccc5ccccc5c4)c4cc(-c5ccc(-n6c7ccccc7c7cnccc76)cc5)ccc34)cc2CC1. The second kappa shape index (κ2) is 11.9. The van der Waals surface area contributed by atoms with E-state index in [0.29, 0.717) is 0 Å². The van der Waals surface area contributed by atoms with Crippen molar-refractivity contribution in [1.29, 1.82) is 0 Å². The molecule has 0 saturated heterocycles. The summed E-state index contributed by atoms with van der Waals surface area (Å²) in [7, 11) is 0. The molecule has 1 aliphatic carbocycles. The van der Waals surface area contributed by atoms with Crippen LogP contribution in [0.5, 0.6) is 0 Å². The fraction of sp³-hybridized carbons (Fsp3) is 0.0392. The first-order chi connectivity index (χ1) is 26.3. The minimum atomic E-state index is 1.08. The lowest BCUT2D eigenvalue weighted by molar-refractivity contribution is 0.986. The molecule has 0 atom stereocenters. The van der Waals surface area contributed by atoms with Crippen LogP contribution in [0, 0.1) is 0 Å². The minimum absolute atomic E-state index is 1.08. The maximum Gasteiger partial charge on any atom is 0.0571 e. The number of hydrogen-bond acceptors (Lipinski definition) is 1. The molecule has 0 unspecified atom stereocenters. The van der Waals surface area contributed by atoms with Crippen LogP contribution < -0.4 is 0 Å². The van der Waals surface area contributed by atoms with Crippen molar-refractivity contribution in [2.45, 2.75) is 12.8 Å². The van der Waals surface area contributed by atoms with Gasteiger partial charge in [-0.2, -0.15) is 0 Å². The van der Waals surface area contributed by atoms with Gasteiger partial charge in [-0.1, -0.05) is 133 Å². The van der Waals surface area contributed by atoms with Gasteiger partial charge in [0.05, 0.1) is 11.0 Å². The third kappa shape index (κ3) is 4.76. The molecule has 0 aliphatic heterocycles. The molecule has 0 saturated carbocycles. The van der Waals surface area contributed by atoms with E-state index in [9.17, 15) is 0 Å². The Balaban J connectivity index is 1.14. The molecule has 11 rings (SSSR count). The molecule has 0 fully saturated rings. The third-order valence-electron chi connectivity index (χ3n) is 11.3. The summed E-state index contributed by atoms with van der Waals surface area (Å²) in [5.74, 6) is 0. The zero-order chi connectivity index (χ0) is 34.9. The van der Waals surface area contributed by atoms with Crippen molar-refractivity contribution in [3.63, 3.8) is 0 Å². The van der Waals surface area contributed by atoms with E-state index >= 15 is 0 Å². The highest BCUT2D eigenvalue weighted by Gasteiger charge is 2.19. The van der Waals surface area contributed by atoms with Crippen molar-refractivity contribution in [2.24, 2.45) is 0 Å². The number of rotatable bonds is 4. The summed E-state index contributed by atoms with van der Waals surface area (Å²) in [6.07, 6.45) is 10.6. The zero-order valence-corrected chi connectivity index (χ0v) is 29.1. The maximum absolute atomic E-state index is 4.44. The molecule has 0 bridgehead atoms. The van der Waals surface area contributed by atoms with Gasteiger partial charge in [-0.05, 0) is 126 Å². The van der Waals surface area contributed by atoms with Crippen molar-refractivity contribution < 1.29 is 0 Å². The standard InChI is InChI=1S/C51H34N2/c1-3-11-36-29-39(19-17-33(36)9-1)50-43-14-5-6-15-44(43)51(40-20-18-34-10-2-4-12-37(34)30-40)46-31-38(23-26-45(46)50)35-21-24-41(25-22-35)53-48-16-8-7-13-42(48)47-32-52-28-27-49(47)53/h1-2,4-10,12-32H,3,11H2. The lowest BCUT2D eigenvalue weighted by Gasteiger charge is -2.20. The lowest BCUT2D eigenvalue weighted by atomic mass is 9.83. The number of allylic oxidation sites excluding steroid dienone is 1. The summed E-state index contributed by atoms with van der Waals surface area (Å²) in [5.41, 5.74) is 13.8. The molecule has 53 heavy (non-hydrogen) atoms. The van der Waals surface area contributed by atoms with Crippen molar-refractivity contribution in [1.82, 2.24) is 9.55 Å². The molecule has 2 nitrogen and oxygen atoms in total. The predicted molar refractivity (Wildman–Crippen MR) is 225 cm³/mol. The van der Waals surface area contributed by atoms with E-state index in [0.717, 1.165) is 24.0 Å². The average Bonchev–Trinajstić information content (AvgIpc) is 3.56. The molecule has 0 radical (unpaired) electrons. The van der Waals surface area contributed by atoms with Gasteiger partial charge in [0.25, 0.3) is 0 Å². The van der Waals surface area contributed by atoms with Crippen LogP contribution in [0.4, 0.5) is 0 Å². The van der Waals surface area contributed by atoms with Gasteiger partial charge in [-0.25, -0.2) is 0 Å². The molecule has 2 aromatic heterocycles. The quantitative estimate of drug-likeness (QED) is 0.170. The molecular weight excluding hydrogens is 641 g/mol. The number of benzene rings is 8. The second-order valence-corrected chi connectivity index (χ2v) is 14.3. The molecule has 1 aliphatic rings. The number of pyridine rings is 1. The van der Waals surface area contributed by atoms with E-state index in [4.69, 9.17) is 0 Å². The largest absolute Gasteiger partial charge is 0.309 e. The van der Waals surface area contributed by atoms with Crippen LogP contribution in [-0.2, 0) is 6.42 Å². The maximum atomic E-state index is 4.44. The Kier molecular flexibility index (Phi) is 6.72. The number of nitrogens with zero attached hydrogens (tertiary/aromatic N) is 2. The Bertz CT molecular complexity index is 3050. The highest BCUT2D eigenvalue weighted by Crippen LogP contribution is 2.46. The van der Waals surface area contributed by atoms with Crippen LogP contribution in [0.1, 0.15) is 17.5 Å². The molecule has 2 heteroatoms. The normalized spacial score (nSPS) is 12.7. The fourth-order valence-electron chi connectivity index (χ4n) is 8.81. The molecule has 10 aromatic rings. The van der Waals surface area contributed by atoms with E-state index in [2.05, 4.69) is 179 Å². The number of aryl methyl sites for hydroxylation is 1. The number of para-hydroxylation sites is 1. The summed E-state index contributed by atoms with van der Waals surface area (Å²) in [6.45, 7) is 0. The molecule has 0 N–H and O–H groups in total. The number of fused-ring (bicyclic) bond motifs is 7. The van der Waals surface area contributed by atoms with E-state index < -0.39 is 0 Å². The first-order valence-corrected chi connectivity index (χ1v) is 18.5. The predicted octanol–water partition coefficient (Wildman–Crippen LogP) is 13.6. The summed E-state index contributed by atoms with van der Waals surface area (Å²) in [5, 5.41) is 9.99. The van der Waals surface area contributed by atoms with Crippen LogP contribution in [0.2, 0.25) is 0 Å².